The molecule has 2 unspecified atom stereocenters. The summed E-state index contributed by atoms with van der Waals surface area (Å²) in [7, 11) is 0. The maximum absolute atomic E-state index is 12.5. The average molecular weight is 352 g/mol. The highest BCUT2D eigenvalue weighted by atomic mass is 16.5. The van der Waals surface area contributed by atoms with Crippen LogP contribution in [0.15, 0.2) is 54.6 Å². The van der Waals surface area contributed by atoms with E-state index in [9.17, 15) is 9.59 Å². The van der Waals surface area contributed by atoms with E-state index in [-0.39, 0.29) is 30.2 Å². The molecule has 0 saturated carbocycles. The number of para-hydroxylation sites is 3. The Kier molecular flexibility index (Phi) is 5.56. The number of benzene rings is 2. The molecule has 0 bridgehead atoms. The molecule has 2 amide bonds. The second-order valence-electron chi connectivity index (χ2n) is 6.61. The zero-order chi connectivity index (χ0) is 18.5. The Morgan fingerprint density at radius 1 is 1.19 bits per heavy atom. The van der Waals surface area contributed by atoms with Crippen molar-refractivity contribution in [1.29, 1.82) is 0 Å². The van der Waals surface area contributed by atoms with E-state index in [1.165, 1.54) is 0 Å². The van der Waals surface area contributed by atoms with Crippen LogP contribution in [-0.4, -0.2) is 24.4 Å². The van der Waals surface area contributed by atoms with E-state index < -0.39 is 0 Å². The van der Waals surface area contributed by atoms with Crippen molar-refractivity contribution in [2.45, 2.75) is 32.7 Å². The number of amides is 2. The van der Waals surface area contributed by atoms with Crippen molar-refractivity contribution in [3.8, 4) is 11.5 Å². The molecule has 1 saturated heterocycles. The van der Waals surface area contributed by atoms with Gasteiger partial charge in [-0.2, -0.15) is 0 Å². The molecular formula is C21H24N2O3. The molecule has 0 aromatic heterocycles. The number of nitrogens with one attached hydrogen (secondary N) is 1. The van der Waals surface area contributed by atoms with Crippen molar-refractivity contribution in [3.63, 3.8) is 0 Å². The van der Waals surface area contributed by atoms with Gasteiger partial charge in [-0.15, -0.1) is 0 Å². The summed E-state index contributed by atoms with van der Waals surface area (Å²) in [5, 5.41) is 2.97. The summed E-state index contributed by atoms with van der Waals surface area (Å²) in [6.07, 6.45) is 1.09. The fourth-order valence-corrected chi connectivity index (χ4v) is 2.96. The molecule has 1 fully saturated rings. The van der Waals surface area contributed by atoms with Gasteiger partial charge in [-0.3, -0.25) is 9.59 Å². The van der Waals surface area contributed by atoms with Crippen LogP contribution < -0.4 is 15.0 Å². The Balaban J connectivity index is 1.77. The van der Waals surface area contributed by atoms with E-state index in [2.05, 4.69) is 5.32 Å². The summed E-state index contributed by atoms with van der Waals surface area (Å²) >= 11 is 0. The SMILES string of the molecule is CCC(C)NC(=O)C1CC(=O)N(c2ccccc2Oc2ccccc2)C1. The van der Waals surface area contributed by atoms with Crippen LogP contribution in [0.2, 0.25) is 0 Å². The van der Waals surface area contributed by atoms with Crippen molar-refractivity contribution < 1.29 is 14.3 Å². The van der Waals surface area contributed by atoms with E-state index in [1.807, 2.05) is 68.4 Å². The van der Waals surface area contributed by atoms with Crippen LogP contribution in [0.4, 0.5) is 5.69 Å². The topological polar surface area (TPSA) is 58.6 Å². The average Bonchev–Trinajstić information content (AvgIpc) is 3.04. The molecule has 1 aliphatic rings. The summed E-state index contributed by atoms with van der Waals surface area (Å²) in [5.74, 6) is 0.865. The zero-order valence-corrected chi connectivity index (χ0v) is 15.1. The van der Waals surface area contributed by atoms with Gasteiger partial charge in [0.25, 0.3) is 0 Å². The number of hydrogen-bond donors (Lipinski definition) is 1. The highest BCUT2D eigenvalue weighted by Crippen LogP contribution is 2.35. The minimum Gasteiger partial charge on any atom is -0.455 e. The van der Waals surface area contributed by atoms with E-state index in [0.29, 0.717) is 23.7 Å². The van der Waals surface area contributed by atoms with Gasteiger partial charge in [-0.25, -0.2) is 0 Å². The Bertz CT molecular complexity index is 776. The van der Waals surface area contributed by atoms with Crippen LogP contribution in [0.5, 0.6) is 11.5 Å². The van der Waals surface area contributed by atoms with Gasteiger partial charge in [0.05, 0.1) is 11.6 Å². The van der Waals surface area contributed by atoms with Crippen LogP contribution in [0.1, 0.15) is 26.7 Å². The Hall–Kier alpha value is -2.82. The number of anilines is 1. The molecule has 0 spiro atoms. The number of carbonyl (C=O) groups excluding carboxylic acids is 2. The first kappa shape index (κ1) is 18.0. The van der Waals surface area contributed by atoms with Crippen LogP contribution in [0.3, 0.4) is 0 Å². The summed E-state index contributed by atoms with van der Waals surface area (Å²) in [6, 6.07) is 17.0. The van der Waals surface area contributed by atoms with Gasteiger partial charge >= 0.3 is 0 Å². The number of hydrogen-bond acceptors (Lipinski definition) is 3. The molecule has 2 aromatic carbocycles. The predicted molar refractivity (Wildman–Crippen MR) is 101 cm³/mol. The molecule has 2 aromatic rings. The van der Waals surface area contributed by atoms with E-state index in [1.54, 1.807) is 4.90 Å². The second-order valence-corrected chi connectivity index (χ2v) is 6.61. The lowest BCUT2D eigenvalue weighted by atomic mass is 10.1. The number of rotatable bonds is 6. The van der Waals surface area contributed by atoms with E-state index in [0.717, 1.165) is 6.42 Å². The third-order valence-electron chi connectivity index (χ3n) is 4.62. The molecule has 0 aliphatic carbocycles. The Labute approximate surface area is 154 Å². The smallest absolute Gasteiger partial charge is 0.227 e. The summed E-state index contributed by atoms with van der Waals surface area (Å²) < 4.78 is 5.95. The third kappa shape index (κ3) is 4.04. The maximum atomic E-state index is 12.5. The van der Waals surface area contributed by atoms with Crippen LogP contribution >= 0.6 is 0 Å². The highest BCUT2D eigenvalue weighted by molar-refractivity contribution is 6.01. The van der Waals surface area contributed by atoms with Crippen molar-refractivity contribution >= 4 is 17.5 Å². The van der Waals surface area contributed by atoms with E-state index in [4.69, 9.17) is 4.74 Å². The van der Waals surface area contributed by atoms with Gasteiger partial charge in [-0.1, -0.05) is 37.3 Å². The minimum absolute atomic E-state index is 0.0570. The fraction of sp³-hybridized carbons (Fsp3) is 0.333. The van der Waals surface area contributed by atoms with Gasteiger partial charge in [0.15, 0.2) is 5.75 Å². The molecule has 5 heteroatoms. The lowest BCUT2D eigenvalue weighted by molar-refractivity contribution is -0.126. The first-order valence-corrected chi connectivity index (χ1v) is 9.01. The van der Waals surface area contributed by atoms with Crippen molar-refractivity contribution in [2.75, 3.05) is 11.4 Å². The van der Waals surface area contributed by atoms with Crippen LogP contribution in [0, 0.1) is 5.92 Å². The van der Waals surface area contributed by atoms with Crippen molar-refractivity contribution in [3.05, 3.63) is 54.6 Å². The highest BCUT2D eigenvalue weighted by Gasteiger charge is 2.36. The first-order valence-electron chi connectivity index (χ1n) is 9.01. The monoisotopic (exact) mass is 352 g/mol. The fourth-order valence-electron chi connectivity index (χ4n) is 2.96. The molecule has 26 heavy (non-hydrogen) atoms. The van der Waals surface area contributed by atoms with Crippen molar-refractivity contribution in [2.24, 2.45) is 5.92 Å². The molecule has 136 valence electrons. The number of ether oxygens (including phenoxy) is 1. The standard InChI is InChI=1S/C21H24N2O3/c1-3-15(2)22-21(25)16-13-20(24)23(14-16)18-11-7-8-12-19(18)26-17-9-5-4-6-10-17/h4-12,15-16H,3,13-14H2,1-2H3,(H,22,25). The van der Waals surface area contributed by atoms with Gasteiger partial charge < -0.3 is 15.0 Å². The van der Waals surface area contributed by atoms with Crippen LogP contribution in [-0.2, 0) is 9.59 Å². The molecule has 2 atom stereocenters. The van der Waals surface area contributed by atoms with Crippen LogP contribution in [0.25, 0.3) is 0 Å². The second kappa shape index (κ2) is 8.04. The normalized spacial score (nSPS) is 17.8. The van der Waals surface area contributed by atoms with Gasteiger partial charge in [0.1, 0.15) is 5.75 Å². The largest absolute Gasteiger partial charge is 0.455 e. The first-order chi connectivity index (χ1) is 12.6. The number of nitrogens with zero attached hydrogens (tertiary/aromatic N) is 1. The quantitative estimate of drug-likeness (QED) is 0.861. The van der Waals surface area contributed by atoms with Gasteiger partial charge in [0, 0.05) is 19.0 Å². The Morgan fingerprint density at radius 2 is 1.88 bits per heavy atom. The zero-order valence-electron chi connectivity index (χ0n) is 15.1. The lowest BCUT2D eigenvalue weighted by Crippen LogP contribution is -2.38. The van der Waals surface area contributed by atoms with Crippen molar-refractivity contribution in [1.82, 2.24) is 5.32 Å². The third-order valence-corrected chi connectivity index (χ3v) is 4.62. The lowest BCUT2D eigenvalue weighted by Gasteiger charge is -2.20. The molecule has 1 aliphatic heterocycles. The summed E-state index contributed by atoms with van der Waals surface area (Å²) in [6.45, 7) is 4.36. The molecular weight excluding hydrogens is 328 g/mol. The molecule has 0 radical (unpaired) electrons. The molecule has 1 heterocycles. The summed E-state index contributed by atoms with van der Waals surface area (Å²) in [5.41, 5.74) is 0.695. The minimum atomic E-state index is -0.332. The Morgan fingerprint density at radius 3 is 2.62 bits per heavy atom. The summed E-state index contributed by atoms with van der Waals surface area (Å²) in [4.78, 5) is 26.6. The van der Waals surface area contributed by atoms with E-state index >= 15 is 0 Å². The molecule has 3 rings (SSSR count). The van der Waals surface area contributed by atoms with Gasteiger partial charge in [-0.05, 0) is 37.6 Å². The predicted octanol–water partition coefficient (Wildman–Crippen LogP) is 3.75. The molecule has 1 N–H and O–H groups in total. The molecule has 5 nitrogen and oxygen atoms in total. The maximum Gasteiger partial charge on any atom is 0.227 e. The number of carbonyl (C=O) groups is 2. The van der Waals surface area contributed by atoms with Gasteiger partial charge in [0.2, 0.25) is 11.8 Å².